The molecule has 0 bridgehead atoms. The van der Waals surface area contributed by atoms with Crippen molar-refractivity contribution >= 4 is 33.4 Å². The van der Waals surface area contributed by atoms with Gasteiger partial charge in [-0.15, -0.1) is 0 Å². The van der Waals surface area contributed by atoms with E-state index in [4.69, 9.17) is 4.74 Å². The third-order valence-electron chi connectivity index (χ3n) is 3.35. The number of carbonyl (C=O) groups excluding carboxylic acids is 2. The summed E-state index contributed by atoms with van der Waals surface area (Å²) in [6, 6.07) is 5.71. The standard InChI is InChI=1S/C15H19BrN2O3/c1-10-4-5-11(16)9-12(10)18-14(19)6-7-17-15(20)13-3-2-8-21-13/h4-5,9,13H,2-3,6-8H2,1H3,(H,17,20)(H,18,19)/t13-/m0/s1. The van der Waals surface area contributed by atoms with Crippen LogP contribution in [0, 0.1) is 6.92 Å². The lowest BCUT2D eigenvalue weighted by molar-refractivity contribution is -0.130. The highest BCUT2D eigenvalue weighted by atomic mass is 79.9. The molecule has 6 heteroatoms. The Morgan fingerprint density at radius 1 is 1.43 bits per heavy atom. The molecule has 2 rings (SSSR count). The molecule has 1 fully saturated rings. The number of hydrogen-bond acceptors (Lipinski definition) is 3. The summed E-state index contributed by atoms with van der Waals surface area (Å²) in [5.74, 6) is -0.247. The van der Waals surface area contributed by atoms with Gasteiger partial charge in [0.2, 0.25) is 11.8 Å². The van der Waals surface area contributed by atoms with Crippen LogP contribution in [0.4, 0.5) is 5.69 Å². The van der Waals surface area contributed by atoms with Crippen LogP contribution in [0.1, 0.15) is 24.8 Å². The molecule has 0 radical (unpaired) electrons. The van der Waals surface area contributed by atoms with Gasteiger partial charge in [0, 0.05) is 29.7 Å². The van der Waals surface area contributed by atoms with Crippen molar-refractivity contribution in [2.75, 3.05) is 18.5 Å². The van der Waals surface area contributed by atoms with Gasteiger partial charge < -0.3 is 15.4 Å². The number of anilines is 1. The molecule has 2 amide bonds. The molecular weight excluding hydrogens is 336 g/mol. The van der Waals surface area contributed by atoms with E-state index < -0.39 is 0 Å². The third kappa shape index (κ3) is 4.82. The summed E-state index contributed by atoms with van der Waals surface area (Å²) in [7, 11) is 0. The zero-order valence-corrected chi connectivity index (χ0v) is 13.5. The Morgan fingerprint density at radius 2 is 2.24 bits per heavy atom. The molecule has 0 saturated carbocycles. The summed E-state index contributed by atoms with van der Waals surface area (Å²) >= 11 is 3.37. The number of amides is 2. The first-order valence-corrected chi connectivity index (χ1v) is 7.81. The van der Waals surface area contributed by atoms with Gasteiger partial charge in [0.15, 0.2) is 0 Å². The zero-order valence-electron chi connectivity index (χ0n) is 11.9. The Hall–Kier alpha value is -1.40. The maximum atomic E-state index is 11.9. The maximum Gasteiger partial charge on any atom is 0.249 e. The molecule has 2 N–H and O–H groups in total. The van der Waals surface area contributed by atoms with E-state index in [-0.39, 0.29) is 24.3 Å². The van der Waals surface area contributed by atoms with Crippen LogP contribution in [-0.2, 0) is 14.3 Å². The molecule has 0 unspecified atom stereocenters. The lowest BCUT2D eigenvalue weighted by atomic mass is 10.2. The number of nitrogens with one attached hydrogen (secondary N) is 2. The molecule has 1 aromatic carbocycles. The average molecular weight is 355 g/mol. The second-order valence-corrected chi connectivity index (χ2v) is 5.97. The Kier molecular flexibility index (Phi) is 5.76. The number of carbonyl (C=O) groups is 2. The van der Waals surface area contributed by atoms with Crippen LogP contribution in [0.15, 0.2) is 22.7 Å². The first-order chi connectivity index (χ1) is 10.1. The van der Waals surface area contributed by atoms with Gasteiger partial charge in [-0.2, -0.15) is 0 Å². The van der Waals surface area contributed by atoms with E-state index in [1.54, 1.807) is 0 Å². The predicted octanol–water partition coefficient (Wildman–Crippen LogP) is 2.38. The van der Waals surface area contributed by atoms with E-state index in [9.17, 15) is 9.59 Å². The van der Waals surface area contributed by atoms with Gasteiger partial charge in [0.05, 0.1) is 0 Å². The van der Waals surface area contributed by atoms with Crippen LogP contribution in [0.2, 0.25) is 0 Å². The van der Waals surface area contributed by atoms with Crippen LogP contribution in [-0.4, -0.2) is 31.1 Å². The van der Waals surface area contributed by atoms with Gasteiger partial charge >= 0.3 is 0 Å². The van der Waals surface area contributed by atoms with Gasteiger partial charge in [-0.05, 0) is 37.5 Å². The fourth-order valence-corrected chi connectivity index (χ4v) is 2.50. The van der Waals surface area contributed by atoms with E-state index in [0.717, 1.165) is 28.6 Å². The molecule has 114 valence electrons. The fourth-order valence-electron chi connectivity index (χ4n) is 2.14. The highest BCUT2D eigenvalue weighted by Crippen LogP contribution is 2.20. The molecule has 1 aliphatic rings. The fraction of sp³-hybridized carbons (Fsp3) is 0.467. The number of hydrogen-bond donors (Lipinski definition) is 2. The number of halogens is 1. The normalized spacial score (nSPS) is 17.5. The van der Waals surface area contributed by atoms with Crippen LogP contribution < -0.4 is 10.6 Å². The van der Waals surface area contributed by atoms with Crippen LogP contribution in [0.3, 0.4) is 0 Å². The molecule has 1 saturated heterocycles. The SMILES string of the molecule is Cc1ccc(Br)cc1NC(=O)CCNC(=O)[C@@H]1CCCO1. The summed E-state index contributed by atoms with van der Waals surface area (Å²) in [6.07, 6.45) is 1.57. The molecule has 0 spiro atoms. The molecular formula is C15H19BrN2O3. The topological polar surface area (TPSA) is 67.4 Å². The molecule has 1 heterocycles. The van der Waals surface area contributed by atoms with Gasteiger partial charge in [-0.3, -0.25) is 9.59 Å². The van der Waals surface area contributed by atoms with Crippen LogP contribution >= 0.6 is 15.9 Å². The minimum absolute atomic E-state index is 0.121. The van der Waals surface area contributed by atoms with E-state index in [1.807, 2.05) is 25.1 Å². The number of ether oxygens (including phenoxy) is 1. The van der Waals surface area contributed by atoms with Gasteiger partial charge in [-0.1, -0.05) is 22.0 Å². The van der Waals surface area contributed by atoms with Crippen LogP contribution in [0.25, 0.3) is 0 Å². The van der Waals surface area contributed by atoms with E-state index in [2.05, 4.69) is 26.6 Å². The molecule has 0 aromatic heterocycles. The monoisotopic (exact) mass is 354 g/mol. The molecule has 1 atom stereocenters. The Labute approximate surface area is 132 Å². The molecule has 21 heavy (non-hydrogen) atoms. The summed E-state index contributed by atoms with van der Waals surface area (Å²) < 4.78 is 6.19. The average Bonchev–Trinajstić information content (AvgIpc) is 2.97. The van der Waals surface area contributed by atoms with Crippen molar-refractivity contribution in [1.82, 2.24) is 5.32 Å². The van der Waals surface area contributed by atoms with Crippen LogP contribution in [0.5, 0.6) is 0 Å². The minimum atomic E-state index is -0.347. The quantitative estimate of drug-likeness (QED) is 0.852. The van der Waals surface area contributed by atoms with Crippen molar-refractivity contribution in [2.45, 2.75) is 32.3 Å². The second kappa shape index (κ2) is 7.56. The highest BCUT2D eigenvalue weighted by Gasteiger charge is 2.23. The molecule has 1 aliphatic heterocycles. The van der Waals surface area contributed by atoms with Crippen molar-refractivity contribution in [3.8, 4) is 0 Å². The van der Waals surface area contributed by atoms with E-state index >= 15 is 0 Å². The van der Waals surface area contributed by atoms with Gasteiger partial charge in [0.1, 0.15) is 6.10 Å². The minimum Gasteiger partial charge on any atom is -0.368 e. The zero-order chi connectivity index (χ0) is 15.2. The van der Waals surface area contributed by atoms with Crippen molar-refractivity contribution in [3.05, 3.63) is 28.2 Å². The van der Waals surface area contributed by atoms with E-state index in [0.29, 0.717) is 13.2 Å². The first kappa shape index (κ1) is 16.0. The summed E-state index contributed by atoms with van der Waals surface area (Å²) in [6.45, 7) is 2.89. The van der Waals surface area contributed by atoms with Crippen molar-refractivity contribution in [3.63, 3.8) is 0 Å². The summed E-state index contributed by atoms with van der Waals surface area (Å²) in [5, 5.41) is 5.58. The van der Waals surface area contributed by atoms with E-state index in [1.165, 1.54) is 0 Å². The lowest BCUT2D eigenvalue weighted by Gasteiger charge is -2.11. The molecule has 5 nitrogen and oxygen atoms in total. The van der Waals surface area contributed by atoms with Crippen molar-refractivity contribution in [2.24, 2.45) is 0 Å². The lowest BCUT2D eigenvalue weighted by Crippen LogP contribution is -2.35. The smallest absolute Gasteiger partial charge is 0.249 e. The number of benzene rings is 1. The first-order valence-electron chi connectivity index (χ1n) is 7.01. The van der Waals surface area contributed by atoms with Gasteiger partial charge in [-0.25, -0.2) is 0 Å². The predicted molar refractivity (Wildman–Crippen MR) is 84.1 cm³/mol. The third-order valence-corrected chi connectivity index (χ3v) is 3.84. The molecule has 1 aromatic rings. The summed E-state index contributed by atoms with van der Waals surface area (Å²) in [4.78, 5) is 23.6. The van der Waals surface area contributed by atoms with Crippen molar-refractivity contribution < 1.29 is 14.3 Å². The summed E-state index contributed by atoms with van der Waals surface area (Å²) in [5.41, 5.74) is 1.77. The second-order valence-electron chi connectivity index (χ2n) is 5.05. The highest BCUT2D eigenvalue weighted by molar-refractivity contribution is 9.10. The number of aryl methyl sites for hydroxylation is 1. The Morgan fingerprint density at radius 3 is 2.95 bits per heavy atom. The maximum absolute atomic E-state index is 11.9. The largest absolute Gasteiger partial charge is 0.368 e. The Bertz CT molecular complexity index is 528. The number of rotatable bonds is 5. The van der Waals surface area contributed by atoms with Crippen molar-refractivity contribution in [1.29, 1.82) is 0 Å². The Balaban J connectivity index is 1.74. The van der Waals surface area contributed by atoms with Gasteiger partial charge in [0.25, 0.3) is 0 Å². The molecule has 0 aliphatic carbocycles.